The van der Waals surface area contributed by atoms with Gasteiger partial charge in [0.05, 0.1) is 11.3 Å². The fourth-order valence-corrected chi connectivity index (χ4v) is 4.44. The molecule has 0 bridgehead atoms. The Kier molecular flexibility index (Phi) is 6.77. The number of carbonyl (C=O) groups excluding carboxylic acids is 2. The maximum absolute atomic E-state index is 13.7. The van der Waals surface area contributed by atoms with Gasteiger partial charge in [-0.15, -0.1) is 10.2 Å². The summed E-state index contributed by atoms with van der Waals surface area (Å²) in [6.07, 6.45) is -3.38. The number of nitrogens with zero attached hydrogens (tertiary/aromatic N) is 3. The van der Waals surface area contributed by atoms with Gasteiger partial charge in [-0.1, -0.05) is 29.5 Å². The van der Waals surface area contributed by atoms with Crippen molar-refractivity contribution >= 4 is 34.6 Å². The van der Waals surface area contributed by atoms with Gasteiger partial charge in [0.2, 0.25) is 5.01 Å². The Balaban J connectivity index is 1.32. The summed E-state index contributed by atoms with van der Waals surface area (Å²) in [5.41, 5.74) is -0.726. The molecule has 0 aliphatic carbocycles. The van der Waals surface area contributed by atoms with E-state index in [0.29, 0.717) is 30.9 Å². The molecule has 2 aromatic carbocycles. The van der Waals surface area contributed by atoms with Crippen molar-refractivity contribution in [2.75, 3.05) is 23.7 Å². The molecule has 3 amide bonds. The Morgan fingerprint density at radius 2 is 1.74 bits per heavy atom. The molecule has 3 aromatic rings. The first-order valence-corrected chi connectivity index (χ1v) is 11.1. The van der Waals surface area contributed by atoms with Crippen molar-refractivity contribution in [3.05, 3.63) is 69.9 Å². The van der Waals surface area contributed by atoms with Gasteiger partial charge in [0.1, 0.15) is 10.8 Å². The Bertz CT molecular complexity index is 1190. The van der Waals surface area contributed by atoms with Gasteiger partial charge in [-0.05, 0) is 43.2 Å². The second-order valence-electron chi connectivity index (χ2n) is 7.65. The highest BCUT2D eigenvalue weighted by molar-refractivity contribution is 7.13. The lowest BCUT2D eigenvalue weighted by Crippen LogP contribution is -2.40. The van der Waals surface area contributed by atoms with E-state index in [1.807, 2.05) is 0 Å². The lowest BCUT2D eigenvalue weighted by atomic mass is 9.98. The first kappa shape index (κ1) is 23.6. The number of urea groups is 1. The van der Waals surface area contributed by atoms with Crippen LogP contribution in [0.2, 0.25) is 0 Å². The smallest absolute Gasteiger partial charge is 0.324 e. The highest BCUT2D eigenvalue weighted by Gasteiger charge is 2.31. The van der Waals surface area contributed by atoms with Gasteiger partial charge in [0, 0.05) is 24.7 Å². The molecule has 0 radical (unpaired) electrons. The van der Waals surface area contributed by atoms with E-state index >= 15 is 0 Å². The molecule has 0 spiro atoms. The predicted molar refractivity (Wildman–Crippen MR) is 118 cm³/mol. The van der Waals surface area contributed by atoms with E-state index in [2.05, 4.69) is 20.8 Å². The average molecular weight is 493 g/mol. The van der Waals surface area contributed by atoms with Gasteiger partial charge in [0.15, 0.2) is 0 Å². The number of likely N-dealkylation sites (tertiary alicyclic amines) is 1. The first-order valence-electron chi connectivity index (χ1n) is 10.3. The van der Waals surface area contributed by atoms with Crippen molar-refractivity contribution in [3.63, 3.8) is 0 Å². The van der Waals surface area contributed by atoms with Gasteiger partial charge < -0.3 is 15.5 Å². The summed E-state index contributed by atoms with van der Waals surface area (Å²) >= 11 is 1.11. The minimum absolute atomic E-state index is 0.0230. The number of hydrogen-bond acceptors (Lipinski definition) is 5. The maximum Gasteiger partial charge on any atom is 0.416 e. The van der Waals surface area contributed by atoms with Crippen LogP contribution in [0.4, 0.5) is 33.7 Å². The number of amides is 3. The molecule has 1 aliphatic rings. The fraction of sp³-hybridized carbons (Fsp3) is 0.273. The zero-order valence-electron chi connectivity index (χ0n) is 17.6. The number of nitrogens with one attached hydrogen (secondary N) is 2. The van der Waals surface area contributed by atoms with Crippen molar-refractivity contribution in [2.24, 2.45) is 0 Å². The predicted octanol–water partition coefficient (Wildman–Crippen LogP) is 5.36. The molecule has 1 aromatic heterocycles. The molecule has 1 saturated heterocycles. The largest absolute Gasteiger partial charge is 0.416 e. The highest BCUT2D eigenvalue weighted by Crippen LogP contribution is 2.32. The van der Waals surface area contributed by atoms with Gasteiger partial charge in [-0.25, -0.2) is 9.18 Å². The summed E-state index contributed by atoms with van der Waals surface area (Å²) in [6, 6.07) is 9.76. The molecule has 0 saturated carbocycles. The van der Waals surface area contributed by atoms with Gasteiger partial charge in [-0.3, -0.25) is 4.79 Å². The van der Waals surface area contributed by atoms with E-state index in [9.17, 15) is 27.2 Å². The van der Waals surface area contributed by atoms with Crippen LogP contribution in [-0.2, 0) is 6.18 Å². The van der Waals surface area contributed by atoms with E-state index < -0.39 is 29.5 Å². The van der Waals surface area contributed by atoms with E-state index in [4.69, 9.17) is 0 Å². The third kappa shape index (κ3) is 5.50. The Morgan fingerprint density at radius 3 is 2.44 bits per heavy atom. The number of anilines is 2. The van der Waals surface area contributed by atoms with E-state index in [0.717, 1.165) is 23.5 Å². The summed E-state index contributed by atoms with van der Waals surface area (Å²) in [5.74, 6) is -1.15. The molecule has 12 heteroatoms. The molecule has 1 fully saturated rings. The summed E-state index contributed by atoms with van der Waals surface area (Å²) in [5, 5.41) is 13.7. The van der Waals surface area contributed by atoms with E-state index in [1.54, 1.807) is 6.07 Å². The highest BCUT2D eigenvalue weighted by atomic mass is 32.1. The van der Waals surface area contributed by atoms with Crippen molar-refractivity contribution in [3.8, 4) is 0 Å². The second kappa shape index (κ2) is 9.75. The van der Waals surface area contributed by atoms with Crippen LogP contribution in [0.5, 0.6) is 0 Å². The number of benzene rings is 2. The number of rotatable bonds is 4. The molecular weight excluding hydrogens is 474 g/mol. The van der Waals surface area contributed by atoms with Crippen LogP contribution in [0.3, 0.4) is 0 Å². The number of para-hydroxylation sites is 1. The molecule has 7 nitrogen and oxygen atoms in total. The van der Waals surface area contributed by atoms with Crippen molar-refractivity contribution in [2.45, 2.75) is 24.9 Å². The Hall–Kier alpha value is -3.54. The van der Waals surface area contributed by atoms with E-state index in [1.165, 1.54) is 35.2 Å². The number of aromatic nitrogens is 2. The minimum Gasteiger partial charge on any atom is -0.324 e. The molecule has 1 aliphatic heterocycles. The minimum atomic E-state index is -4.49. The molecular formula is C22H19F4N5O2S. The molecule has 2 heterocycles. The monoisotopic (exact) mass is 493 g/mol. The summed E-state index contributed by atoms with van der Waals surface area (Å²) in [6.45, 7) is 0.734. The zero-order chi connectivity index (χ0) is 24.3. The number of alkyl halides is 3. The lowest BCUT2D eigenvalue weighted by Gasteiger charge is -2.31. The lowest BCUT2D eigenvalue weighted by molar-refractivity contribution is -0.137. The average Bonchev–Trinajstić information content (AvgIpc) is 3.31. The summed E-state index contributed by atoms with van der Waals surface area (Å²) in [4.78, 5) is 26.4. The maximum atomic E-state index is 13.7. The van der Waals surface area contributed by atoms with Crippen molar-refractivity contribution in [1.29, 1.82) is 0 Å². The number of carbonyl (C=O) groups is 2. The Morgan fingerprint density at radius 1 is 1.00 bits per heavy atom. The normalized spacial score (nSPS) is 14.6. The molecule has 0 unspecified atom stereocenters. The van der Waals surface area contributed by atoms with Gasteiger partial charge in [-0.2, -0.15) is 13.2 Å². The van der Waals surface area contributed by atoms with Gasteiger partial charge >= 0.3 is 12.2 Å². The number of hydrogen-bond donors (Lipinski definition) is 2. The van der Waals surface area contributed by atoms with Gasteiger partial charge in [0.25, 0.3) is 5.91 Å². The molecule has 2 N–H and O–H groups in total. The fourth-order valence-electron chi connectivity index (χ4n) is 3.54. The molecule has 34 heavy (non-hydrogen) atoms. The van der Waals surface area contributed by atoms with Crippen LogP contribution in [-0.4, -0.2) is 40.1 Å². The SMILES string of the molecule is O=C(Nc1ccccc1F)c1nnc(C2CCN(C(=O)Nc3cccc(C(F)(F)F)c3)CC2)s1. The quantitative estimate of drug-likeness (QED) is 0.479. The molecule has 178 valence electrons. The Labute approximate surface area is 195 Å². The van der Waals surface area contributed by atoms with Crippen molar-refractivity contribution in [1.82, 2.24) is 15.1 Å². The zero-order valence-corrected chi connectivity index (χ0v) is 18.4. The summed E-state index contributed by atoms with van der Waals surface area (Å²) in [7, 11) is 0. The molecule has 4 rings (SSSR count). The first-order chi connectivity index (χ1) is 16.2. The van der Waals surface area contributed by atoms with Crippen LogP contribution >= 0.6 is 11.3 Å². The second-order valence-corrected chi connectivity index (χ2v) is 8.66. The van der Waals surface area contributed by atoms with Crippen LogP contribution in [0.15, 0.2) is 48.5 Å². The van der Waals surface area contributed by atoms with Crippen LogP contribution in [0.25, 0.3) is 0 Å². The van der Waals surface area contributed by atoms with Crippen LogP contribution in [0.1, 0.15) is 39.1 Å². The van der Waals surface area contributed by atoms with Crippen LogP contribution < -0.4 is 10.6 Å². The third-order valence-corrected chi connectivity index (χ3v) is 6.41. The molecule has 0 atom stereocenters. The summed E-state index contributed by atoms with van der Waals surface area (Å²) < 4.78 is 52.3. The van der Waals surface area contributed by atoms with Crippen molar-refractivity contribution < 1.29 is 27.2 Å². The van der Waals surface area contributed by atoms with E-state index in [-0.39, 0.29) is 22.3 Å². The third-order valence-electron chi connectivity index (χ3n) is 5.33. The standard InChI is InChI=1S/C22H19F4N5O2S/c23-16-6-1-2-7-17(16)28-18(32)20-30-29-19(34-20)13-8-10-31(11-9-13)21(33)27-15-5-3-4-14(12-15)22(24,25)26/h1-7,12-13H,8-11H2,(H,27,33)(H,28,32). The number of halogens is 4. The number of piperidine rings is 1. The van der Waals surface area contributed by atoms with Crippen LogP contribution in [0, 0.1) is 5.82 Å². The topological polar surface area (TPSA) is 87.2 Å².